The molecule has 0 radical (unpaired) electrons. The molecular formula is C57H50N4. The summed E-state index contributed by atoms with van der Waals surface area (Å²) in [6.07, 6.45) is 0. The Bertz CT molecular complexity index is 3690. The molecule has 5 heterocycles. The van der Waals surface area contributed by atoms with Crippen LogP contribution in [0.15, 0.2) is 140 Å². The smallest absolute Gasteiger partial charge is 0.146 e. The molecule has 0 unspecified atom stereocenters. The third-order valence-electron chi connectivity index (χ3n) is 13.5. The maximum atomic E-state index is 5.90. The van der Waals surface area contributed by atoms with Gasteiger partial charge in [-0.2, -0.15) is 0 Å². The lowest BCUT2D eigenvalue weighted by Gasteiger charge is -2.29. The summed E-state index contributed by atoms with van der Waals surface area (Å²) in [5.41, 5.74) is 15.4. The number of anilines is 3. The van der Waals surface area contributed by atoms with Crippen molar-refractivity contribution >= 4 is 104 Å². The lowest BCUT2D eigenvalue weighted by Crippen LogP contribution is -2.15. The zero-order chi connectivity index (χ0) is 41.9. The summed E-state index contributed by atoms with van der Waals surface area (Å²) >= 11 is 0. The van der Waals surface area contributed by atoms with E-state index in [4.69, 9.17) is 4.98 Å². The van der Waals surface area contributed by atoms with E-state index in [9.17, 15) is 0 Å². The summed E-state index contributed by atoms with van der Waals surface area (Å²) in [4.78, 5) is 8.36. The Balaban J connectivity index is 1.32. The molecule has 0 saturated carbocycles. The van der Waals surface area contributed by atoms with Crippen molar-refractivity contribution in [3.05, 3.63) is 156 Å². The van der Waals surface area contributed by atoms with E-state index in [0.717, 1.165) is 33.7 Å². The zero-order valence-electron chi connectivity index (χ0n) is 36.6. The van der Waals surface area contributed by atoms with Crippen molar-refractivity contribution in [1.29, 1.82) is 0 Å². The van der Waals surface area contributed by atoms with Gasteiger partial charge in [-0.05, 0) is 117 Å². The fraction of sp³-hybridized carbons (Fsp3) is 0.211. The molecule has 0 aliphatic heterocycles. The van der Waals surface area contributed by atoms with Crippen LogP contribution >= 0.6 is 0 Å². The van der Waals surface area contributed by atoms with Crippen molar-refractivity contribution in [2.45, 2.75) is 78.6 Å². The second kappa shape index (κ2) is 12.0. The van der Waals surface area contributed by atoms with Crippen molar-refractivity contribution in [3.8, 4) is 0 Å². The van der Waals surface area contributed by atoms with Crippen LogP contribution in [0.4, 0.5) is 17.1 Å². The lowest BCUT2D eigenvalue weighted by atomic mass is 9.84. The topological polar surface area (TPSA) is 24.9 Å². The summed E-state index contributed by atoms with van der Waals surface area (Å²) in [6, 6.07) is 52.5. The number of para-hydroxylation sites is 2. The van der Waals surface area contributed by atoms with Crippen LogP contribution in [-0.2, 0) is 16.2 Å². The number of pyridine rings is 1. The molecule has 0 N–H and O–H groups in total. The second-order valence-corrected chi connectivity index (χ2v) is 20.6. The van der Waals surface area contributed by atoms with Crippen LogP contribution in [0.25, 0.3) is 87.2 Å². The van der Waals surface area contributed by atoms with Gasteiger partial charge in [-0.25, -0.2) is 4.98 Å². The monoisotopic (exact) mass is 790 g/mol. The molecule has 4 nitrogen and oxygen atoms in total. The first-order valence-electron chi connectivity index (χ1n) is 21.8. The third-order valence-corrected chi connectivity index (χ3v) is 13.5. The predicted octanol–water partition coefficient (Wildman–Crippen LogP) is 15.9. The SMILES string of the molecule is CC(C)(C)c1ccc2c(c1)c1cc(C(C)(C)C)cc3c4cc5c(nc4n2c13)c1c2ccccc2cc2c3cc(C(C)(C)C)cc(N(c4ccccc4)c4ccccc4)c3n5c21. The van der Waals surface area contributed by atoms with Gasteiger partial charge in [0.1, 0.15) is 5.65 Å². The molecule has 4 heteroatoms. The van der Waals surface area contributed by atoms with Crippen LogP contribution in [0.1, 0.15) is 79.0 Å². The van der Waals surface area contributed by atoms with E-state index in [0.29, 0.717) is 0 Å². The Morgan fingerprint density at radius 1 is 0.410 bits per heavy atom. The number of benzene rings is 7. The molecule has 0 spiro atoms. The van der Waals surface area contributed by atoms with Gasteiger partial charge in [0.2, 0.25) is 0 Å². The number of hydrogen-bond acceptors (Lipinski definition) is 2. The molecular weight excluding hydrogens is 741 g/mol. The van der Waals surface area contributed by atoms with E-state index in [2.05, 4.69) is 216 Å². The fourth-order valence-electron chi connectivity index (χ4n) is 10.3. The summed E-state index contributed by atoms with van der Waals surface area (Å²) in [7, 11) is 0. The molecule has 12 rings (SSSR count). The highest BCUT2D eigenvalue weighted by Gasteiger charge is 2.30. The van der Waals surface area contributed by atoms with Gasteiger partial charge >= 0.3 is 0 Å². The van der Waals surface area contributed by atoms with Crippen LogP contribution in [0.2, 0.25) is 0 Å². The van der Waals surface area contributed by atoms with Crippen molar-refractivity contribution in [2.75, 3.05) is 4.90 Å². The summed E-state index contributed by atoms with van der Waals surface area (Å²) in [5.74, 6) is 0. The Morgan fingerprint density at radius 3 is 1.59 bits per heavy atom. The average molecular weight is 791 g/mol. The molecule has 0 amide bonds. The summed E-state index contributed by atoms with van der Waals surface area (Å²) in [5, 5.41) is 11.2. The van der Waals surface area contributed by atoms with E-state index in [1.165, 1.54) is 87.2 Å². The highest BCUT2D eigenvalue weighted by molar-refractivity contribution is 6.33. The van der Waals surface area contributed by atoms with Crippen molar-refractivity contribution in [2.24, 2.45) is 0 Å². The molecule has 298 valence electrons. The Labute approximate surface area is 356 Å². The minimum Gasteiger partial charge on any atom is -0.308 e. The molecule has 61 heavy (non-hydrogen) atoms. The Kier molecular flexibility index (Phi) is 7.13. The van der Waals surface area contributed by atoms with E-state index in [-0.39, 0.29) is 16.2 Å². The molecule has 7 aromatic carbocycles. The van der Waals surface area contributed by atoms with Crippen molar-refractivity contribution in [3.63, 3.8) is 0 Å². The van der Waals surface area contributed by atoms with Gasteiger partial charge < -0.3 is 9.30 Å². The first kappa shape index (κ1) is 36.2. The molecule has 0 bridgehead atoms. The minimum absolute atomic E-state index is 0.0350. The minimum atomic E-state index is -0.0895. The molecule has 12 aromatic rings. The summed E-state index contributed by atoms with van der Waals surface area (Å²) < 4.78 is 5.04. The molecule has 0 saturated heterocycles. The van der Waals surface area contributed by atoms with E-state index in [1.807, 2.05) is 0 Å². The Morgan fingerprint density at radius 2 is 0.951 bits per heavy atom. The number of fused-ring (bicyclic) bond motifs is 14. The van der Waals surface area contributed by atoms with Crippen LogP contribution in [-0.4, -0.2) is 13.8 Å². The first-order chi connectivity index (χ1) is 29.2. The zero-order valence-corrected chi connectivity index (χ0v) is 36.6. The van der Waals surface area contributed by atoms with Crippen LogP contribution in [0.5, 0.6) is 0 Å². The number of nitrogens with zero attached hydrogens (tertiary/aromatic N) is 4. The van der Waals surface area contributed by atoms with Gasteiger partial charge in [0.15, 0.2) is 0 Å². The van der Waals surface area contributed by atoms with Crippen molar-refractivity contribution in [1.82, 2.24) is 13.8 Å². The van der Waals surface area contributed by atoms with Gasteiger partial charge in [-0.1, -0.05) is 129 Å². The number of rotatable bonds is 3. The fourth-order valence-corrected chi connectivity index (χ4v) is 10.3. The van der Waals surface area contributed by atoms with Crippen LogP contribution < -0.4 is 4.90 Å². The maximum absolute atomic E-state index is 5.90. The third kappa shape index (κ3) is 5.02. The van der Waals surface area contributed by atoms with Crippen LogP contribution in [0, 0.1) is 0 Å². The van der Waals surface area contributed by atoms with Gasteiger partial charge in [-0.15, -0.1) is 0 Å². The standard InChI is InChI=1S/C57H50N4/c1-55(2,3)34-24-25-46-40(27-34)42-28-35(56(4,5)6)29-44-45-32-47-50(58-54(45)61(46)51(42)44)49-39-23-17-16-18-33(39)26-41-43-30-36(57(7,8)9)31-48(52(43)60(47)53(41)49)59(37-19-12-10-13-20-37)38-21-14-11-15-22-38/h10-32H,1-9H3. The number of hydrogen-bond donors (Lipinski definition) is 0. The predicted molar refractivity (Wildman–Crippen MR) is 262 cm³/mol. The van der Waals surface area contributed by atoms with Gasteiger partial charge in [0.05, 0.1) is 38.8 Å². The molecule has 0 aliphatic rings. The van der Waals surface area contributed by atoms with Gasteiger partial charge in [0.25, 0.3) is 0 Å². The molecule has 0 fully saturated rings. The normalized spacial score (nSPS) is 13.3. The average Bonchev–Trinajstić information content (AvgIpc) is 3.95. The van der Waals surface area contributed by atoms with Crippen LogP contribution in [0.3, 0.4) is 0 Å². The quantitative estimate of drug-likeness (QED) is 0.178. The molecule has 0 aliphatic carbocycles. The second-order valence-electron chi connectivity index (χ2n) is 20.6. The molecule has 5 aromatic heterocycles. The highest BCUT2D eigenvalue weighted by Crippen LogP contribution is 2.50. The van der Waals surface area contributed by atoms with E-state index >= 15 is 0 Å². The van der Waals surface area contributed by atoms with E-state index < -0.39 is 0 Å². The van der Waals surface area contributed by atoms with Gasteiger partial charge in [0, 0.05) is 49.1 Å². The number of aromatic nitrogens is 3. The van der Waals surface area contributed by atoms with E-state index in [1.54, 1.807) is 0 Å². The first-order valence-corrected chi connectivity index (χ1v) is 21.8. The van der Waals surface area contributed by atoms with Crippen molar-refractivity contribution < 1.29 is 0 Å². The highest BCUT2D eigenvalue weighted by atomic mass is 15.2. The summed E-state index contributed by atoms with van der Waals surface area (Å²) in [6.45, 7) is 20.9. The largest absolute Gasteiger partial charge is 0.308 e. The lowest BCUT2D eigenvalue weighted by molar-refractivity contribution is 0.590. The maximum Gasteiger partial charge on any atom is 0.146 e. The van der Waals surface area contributed by atoms with Gasteiger partial charge in [-0.3, -0.25) is 4.40 Å². The Hall–Kier alpha value is -6.65. The molecule has 0 atom stereocenters.